The fourth-order valence-corrected chi connectivity index (χ4v) is 1.08. The van der Waals surface area contributed by atoms with E-state index in [-0.39, 0.29) is 0 Å². The molecule has 0 radical (unpaired) electrons. The van der Waals surface area contributed by atoms with Crippen LogP contribution in [0.5, 0.6) is 5.75 Å². The maximum Gasteiger partial charge on any atom is 0.121 e. The molecule has 0 bridgehead atoms. The van der Waals surface area contributed by atoms with Gasteiger partial charge < -0.3 is 9.63 Å². The van der Waals surface area contributed by atoms with Crippen LogP contribution in [0, 0.1) is 0 Å². The Morgan fingerprint density at radius 3 is 2.82 bits per heavy atom. The Labute approximate surface area is 68.1 Å². The third-order valence-electron chi connectivity index (χ3n) is 1.36. The van der Waals surface area contributed by atoms with Gasteiger partial charge in [0.15, 0.2) is 0 Å². The van der Waals surface area contributed by atoms with E-state index in [1.807, 2.05) is 18.8 Å². The fraction of sp³-hybridized carbons (Fsp3) is 0.250. The van der Waals surface area contributed by atoms with Crippen LogP contribution in [0.25, 0.3) is 0 Å². The van der Waals surface area contributed by atoms with Crippen LogP contribution in [-0.2, 0) is 11.1 Å². The van der Waals surface area contributed by atoms with Crippen molar-refractivity contribution in [1.29, 1.82) is 0 Å². The summed E-state index contributed by atoms with van der Waals surface area (Å²) in [4.78, 5) is 0. The highest BCUT2D eigenvalue weighted by Crippen LogP contribution is 2.19. The minimum atomic E-state index is 0.311. The highest BCUT2D eigenvalue weighted by atomic mass is 31.1. The third kappa shape index (κ3) is 2.49. The Balaban J connectivity index is 2.62. The molecule has 1 rings (SSSR count). The molecule has 11 heavy (non-hydrogen) atoms. The van der Waals surface area contributed by atoms with E-state index in [0.717, 1.165) is 5.56 Å². The Bertz CT molecular complexity index is 225. The first kappa shape index (κ1) is 8.51. The number of hydrogen-bond donors (Lipinski definition) is 1. The van der Waals surface area contributed by atoms with Crippen LogP contribution < -0.4 is 0 Å². The van der Waals surface area contributed by atoms with E-state index in [9.17, 15) is 5.11 Å². The van der Waals surface area contributed by atoms with Gasteiger partial charge in [0.25, 0.3) is 0 Å². The predicted molar refractivity (Wildman–Crippen MR) is 47.1 cm³/mol. The van der Waals surface area contributed by atoms with Crippen molar-refractivity contribution in [3.8, 4) is 5.75 Å². The van der Waals surface area contributed by atoms with Gasteiger partial charge in [-0.1, -0.05) is 18.2 Å². The SMILES string of the molecule is CPOCc1ccccc1O. The molecule has 1 N–H and O–H groups in total. The number of para-hydroxylation sites is 1. The summed E-state index contributed by atoms with van der Waals surface area (Å²) in [7, 11) is 0.469. The van der Waals surface area contributed by atoms with Gasteiger partial charge in [-0.05, 0) is 12.7 Å². The van der Waals surface area contributed by atoms with E-state index in [1.54, 1.807) is 12.1 Å². The molecule has 0 spiro atoms. The van der Waals surface area contributed by atoms with Gasteiger partial charge in [0, 0.05) is 14.4 Å². The van der Waals surface area contributed by atoms with Crippen LogP contribution >= 0.6 is 8.81 Å². The molecular formula is C8H11O2P. The molecule has 0 saturated heterocycles. The molecule has 0 fully saturated rings. The fourth-order valence-electron chi connectivity index (χ4n) is 0.783. The van der Waals surface area contributed by atoms with Crippen molar-refractivity contribution >= 4 is 8.81 Å². The van der Waals surface area contributed by atoms with Crippen LogP contribution in [0.15, 0.2) is 24.3 Å². The second kappa shape index (κ2) is 4.32. The van der Waals surface area contributed by atoms with Gasteiger partial charge >= 0.3 is 0 Å². The van der Waals surface area contributed by atoms with Gasteiger partial charge in [0.05, 0.1) is 6.61 Å². The minimum absolute atomic E-state index is 0.311. The second-order valence-electron chi connectivity index (χ2n) is 2.12. The molecule has 0 saturated carbocycles. The Morgan fingerprint density at radius 2 is 2.18 bits per heavy atom. The normalized spacial score (nSPS) is 11.0. The Kier molecular flexibility index (Phi) is 3.34. The molecule has 0 amide bonds. The van der Waals surface area contributed by atoms with E-state index in [4.69, 9.17) is 4.52 Å². The summed E-state index contributed by atoms with van der Waals surface area (Å²) in [6.45, 7) is 2.46. The van der Waals surface area contributed by atoms with Crippen molar-refractivity contribution in [2.24, 2.45) is 0 Å². The molecule has 0 aliphatic heterocycles. The lowest BCUT2D eigenvalue weighted by Gasteiger charge is -2.02. The van der Waals surface area contributed by atoms with Crippen LogP contribution in [0.1, 0.15) is 5.56 Å². The van der Waals surface area contributed by atoms with Crippen LogP contribution in [0.3, 0.4) is 0 Å². The number of benzene rings is 1. The lowest BCUT2D eigenvalue weighted by molar-refractivity contribution is 0.343. The van der Waals surface area contributed by atoms with Gasteiger partial charge in [-0.15, -0.1) is 0 Å². The van der Waals surface area contributed by atoms with Crippen molar-refractivity contribution in [1.82, 2.24) is 0 Å². The zero-order chi connectivity index (χ0) is 8.10. The average Bonchev–Trinajstić information content (AvgIpc) is 2.03. The summed E-state index contributed by atoms with van der Waals surface area (Å²) >= 11 is 0. The zero-order valence-corrected chi connectivity index (χ0v) is 7.37. The summed E-state index contributed by atoms with van der Waals surface area (Å²) in [5, 5.41) is 9.26. The molecule has 1 aromatic carbocycles. The van der Waals surface area contributed by atoms with Gasteiger partial charge in [-0.2, -0.15) is 0 Å². The summed E-state index contributed by atoms with van der Waals surface area (Å²) in [5.74, 6) is 0.311. The number of phenolic OH excluding ortho intramolecular Hbond substituents is 1. The molecule has 1 unspecified atom stereocenters. The summed E-state index contributed by atoms with van der Waals surface area (Å²) in [6.07, 6.45) is 0. The van der Waals surface area contributed by atoms with Gasteiger partial charge in [-0.25, -0.2) is 0 Å². The van der Waals surface area contributed by atoms with Crippen molar-refractivity contribution in [3.63, 3.8) is 0 Å². The number of aromatic hydroxyl groups is 1. The van der Waals surface area contributed by atoms with Gasteiger partial charge in [0.2, 0.25) is 0 Å². The maximum atomic E-state index is 9.26. The zero-order valence-electron chi connectivity index (χ0n) is 6.37. The second-order valence-corrected chi connectivity index (χ2v) is 2.82. The van der Waals surface area contributed by atoms with Crippen molar-refractivity contribution in [2.45, 2.75) is 6.61 Å². The number of phenols is 1. The Morgan fingerprint density at radius 1 is 1.45 bits per heavy atom. The molecule has 0 heterocycles. The van der Waals surface area contributed by atoms with E-state index in [1.165, 1.54) is 0 Å². The van der Waals surface area contributed by atoms with E-state index in [0.29, 0.717) is 21.2 Å². The first-order chi connectivity index (χ1) is 5.34. The highest BCUT2D eigenvalue weighted by Gasteiger charge is 1.96. The first-order valence-electron chi connectivity index (χ1n) is 3.40. The van der Waals surface area contributed by atoms with Gasteiger partial charge in [-0.3, -0.25) is 0 Å². The summed E-state index contributed by atoms with van der Waals surface area (Å²) in [6, 6.07) is 7.21. The predicted octanol–water partition coefficient (Wildman–Crippen LogP) is 2.13. The molecule has 0 aliphatic rings. The average molecular weight is 170 g/mol. The van der Waals surface area contributed by atoms with Gasteiger partial charge in [0.1, 0.15) is 5.75 Å². The molecule has 1 aromatic rings. The van der Waals surface area contributed by atoms with Crippen LogP contribution in [0.2, 0.25) is 0 Å². The smallest absolute Gasteiger partial charge is 0.121 e. The largest absolute Gasteiger partial charge is 0.508 e. The molecule has 0 aliphatic carbocycles. The number of rotatable bonds is 3. The van der Waals surface area contributed by atoms with Crippen LogP contribution in [-0.4, -0.2) is 11.8 Å². The topological polar surface area (TPSA) is 29.5 Å². The maximum absolute atomic E-state index is 9.26. The number of hydrogen-bond acceptors (Lipinski definition) is 2. The standard InChI is InChI=1S/C8H11O2P/c1-11-10-6-7-4-2-3-5-8(7)9/h2-5,9,11H,6H2,1H3. The van der Waals surface area contributed by atoms with Crippen molar-refractivity contribution < 1.29 is 9.63 Å². The monoisotopic (exact) mass is 170 g/mol. The molecule has 2 nitrogen and oxygen atoms in total. The highest BCUT2D eigenvalue weighted by molar-refractivity contribution is 7.31. The van der Waals surface area contributed by atoms with E-state index >= 15 is 0 Å². The quantitative estimate of drug-likeness (QED) is 0.704. The summed E-state index contributed by atoms with van der Waals surface area (Å²) in [5.41, 5.74) is 0.849. The first-order valence-corrected chi connectivity index (χ1v) is 4.81. The minimum Gasteiger partial charge on any atom is -0.508 e. The lowest BCUT2D eigenvalue weighted by atomic mass is 10.2. The van der Waals surface area contributed by atoms with Crippen molar-refractivity contribution in [2.75, 3.05) is 6.66 Å². The van der Waals surface area contributed by atoms with Crippen molar-refractivity contribution in [3.05, 3.63) is 29.8 Å². The molecule has 1 atom stereocenters. The van der Waals surface area contributed by atoms with Crippen LogP contribution in [0.4, 0.5) is 0 Å². The summed E-state index contributed by atoms with van der Waals surface area (Å²) < 4.78 is 5.17. The molecule has 60 valence electrons. The molecule has 3 heteroatoms. The molecule has 0 aromatic heterocycles. The lowest BCUT2D eigenvalue weighted by Crippen LogP contribution is -1.84. The molecular weight excluding hydrogens is 159 g/mol. The third-order valence-corrected chi connectivity index (χ3v) is 1.80. The van der Waals surface area contributed by atoms with E-state index < -0.39 is 0 Å². The Hall–Kier alpha value is -0.590. The van der Waals surface area contributed by atoms with E-state index in [2.05, 4.69) is 0 Å².